The fourth-order valence-corrected chi connectivity index (χ4v) is 6.55. The van der Waals surface area contributed by atoms with Crippen LogP contribution in [0.15, 0.2) is 0 Å². The molecule has 3 nitrogen and oxygen atoms in total. The highest BCUT2D eigenvalue weighted by atomic mass is 16.2. The molecule has 1 amide bonds. The van der Waals surface area contributed by atoms with E-state index in [0.29, 0.717) is 12.0 Å². The normalized spacial score (nSPS) is 46.6. The summed E-state index contributed by atoms with van der Waals surface area (Å²) in [5, 5.41) is 5.83. The first kappa shape index (κ1) is 15.9. The molecule has 0 aromatic rings. The third-order valence-electron chi connectivity index (χ3n) is 7.66. The molecule has 3 atom stereocenters. The number of nitrogens with two attached hydrogens (primary N) is 1. The maximum absolute atomic E-state index is 12.7. The summed E-state index contributed by atoms with van der Waals surface area (Å²) in [5.41, 5.74) is 0. The second-order valence-corrected chi connectivity index (χ2v) is 9.37. The Hall–Kier alpha value is -0.570. The number of hydrogen-bond donors (Lipinski definition) is 2. The second-order valence-electron chi connectivity index (χ2n) is 9.37. The van der Waals surface area contributed by atoms with Gasteiger partial charge in [0.15, 0.2) is 6.04 Å². The van der Waals surface area contributed by atoms with Crippen molar-refractivity contribution in [1.29, 1.82) is 0 Å². The molecular formula is C20H35N2O+. The Kier molecular flexibility index (Phi) is 4.42. The van der Waals surface area contributed by atoms with Crippen molar-refractivity contribution >= 4 is 5.91 Å². The molecule has 3 N–H and O–H groups in total. The minimum absolute atomic E-state index is 0.0895. The van der Waals surface area contributed by atoms with Crippen LogP contribution in [0.1, 0.15) is 71.6 Å². The summed E-state index contributed by atoms with van der Waals surface area (Å²) in [5.74, 6) is 4.78. The van der Waals surface area contributed by atoms with Gasteiger partial charge in [-0.1, -0.05) is 19.8 Å². The molecule has 5 saturated carbocycles. The van der Waals surface area contributed by atoms with Crippen molar-refractivity contribution in [3.63, 3.8) is 0 Å². The molecule has 0 aromatic carbocycles. The van der Waals surface area contributed by atoms with Crippen LogP contribution in [0, 0.1) is 29.6 Å². The zero-order chi connectivity index (χ0) is 16.0. The van der Waals surface area contributed by atoms with Crippen molar-refractivity contribution in [2.75, 3.05) is 0 Å². The average molecular weight is 320 g/mol. The van der Waals surface area contributed by atoms with Crippen LogP contribution in [0.3, 0.4) is 0 Å². The van der Waals surface area contributed by atoms with Crippen LogP contribution in [0.25, 0.3) is 0 Å². The van der Waals surface area contributed by atoms with E-state index in [-0.39, 0.29) is 11.9 Å². The third-order valence-corrected chi connectivity index (χ3v) is 7.66. The highest BCUT2D eigenvalue weighted by Gasteiger charge is 2.50. The van der Waals surface area contributed by atoms with Crippen LogP contribution in [0.4, 0.5) is 0 Å². The van der Waals surface area contributed by atoms with Gasteiger partial charge >= 0.3 is 0 Å². The number of carbonyl (C=O) groups is 1. The second kappa shape index (κ2) is 6.38. The molecule has 0 unspecified atom stereocenters. The number of quaternary nitrogens is 1. The summed E-state index contributed by atoms with van der Waals surface area (Å²) in [7, 11) is 0. The molecule has 3 heteroatoms. The predicted octanol–water partition coefficient (Wildman–Crippen LogP) is 2.46. The molecule has 5 aliphatic rings. The molecule has 0 saturated heterocycles. The lowest BCUT2D eigenvalue weighted by atomic mass is 9.54. The van der Waals surface area contributed by atoms with E-state index in [9.17, 15) is 4.79 Å². The summed E-state index contributed by atoms with van der Waals surface area (Å²) in [4.78, 5) is 12.7. The van der Waals surface area contributed by atoms with Gasteiger partial charge in [-0.2, -0.15) is 0 Å². The minimum atomic E-state index is 0.0895. The van der Waals surface area contributed by atoms with E-state index in [0.717, 1.165) is 29.7 Å². The number of carbonyl (C=O) groups excluding carboxylic acids is 1. The first-order chi connectivity index (χ1) is 11.1. The standard InChI is InChI=1S/C20H34N2O/c1-12-5-3-4-6-18(12)22-20(23)13(2)21-19-16-8-14-7-15(10-16)11-17(19)9-14/h12-19,21H,3-11H2,1-2H3,(H,22,23)/p+1/t12-,13-,14?,15?,16?,17?,18-,19?/m1/s1. The Morgan fingerprint density at radius 3 is 2.22 bits per heavy atom. The largest absolute Gasteiger partial charge is 0.348 e. The van der Waals surface area contributed by atoms with Gasteiger partial charge in [-0.15, -0.1) is 0 Å². The van der Waals surface area contributed by atoms with E-state index in [2.05, 4.69) is 24.5 Å². The first-order valence-corrected chi connectivity index (χ1v) is 10.3. The van der Waals surface area contributed by atoms with Crippen molar-refractivity contribution in [2.45, 2.75) is 89.8 Å². The van der Waals surface area contributed by atoms with Gasteiger partial charge in [0.1, 0.15) is 0 Å². The molecule has 0 spiro atoms. The molecule has 0 radical (unpaired) electrons. The molecule has 0 heterocycles. The fraction of sp³-hybridized carbons (Fsp3) is 0.950. The predicted molar refractivity (Wildman–Crippen MR) is 91.8 cm³/mol. The van der Waals surface area contributed by atoms with Gasteiger partial charge in [0.2, 0.25) is 0 Å². The molecule has 4 bridgehead atoms. The molecule has 0 aromatic heterocycles. The monoisotopic (exact) mass is 319 g/mol. The number of hydrogen-bond acceptors (Lipinski definition) is 1. The maximum atomic E-state index is 12.7. The Morgan fingerprint density at radius 1 is 1.00 bits per heavy atom. The molecule has 23 heavy (non-hydrogen) atoms. The van der Waals surface area contributed by atoms with Crippen LogP contribution >= 0.6 is 0 Å². The van der Waals surface area contributed by atoms with Crippen LogP contribution in [0.5, 0.6) is 0 Å². The summed E-state index contributed by atoms with van der Waals surface area (Å²) >= 11 is 0. The SMILES string of the molecule is C[C@@H]1CCCC[C@H]1NC(=O)[C@@H](C)[NH2+]C1C2CC3CC(C2)CC1C3. The summed E-state index contributed by atoms with van der Waals surface area (Å²) in [6.45, 7) is 4.43. The van der Waals surface area contributed by atoms with E-state index in [1.54, 1.807) is 0 Å². The Labute approximate surface area is 141 Å². The van der Waals surface area contributed by atoms with E-state index in [4.69, 9.17) is 0 Å². The third kappa shape index (κ3) is 3.18. The van der Waals surface area contributed by atoms with Crippen molar-refractivity contribution in [3.05, 3.63) is 0 Å². The zero-order valence-electron chi connectivity index (χ0n) is 15.0. The van der Waals surface area contributed by atoms with Crippen LogP contribution in [-0.4, -0.2) is 24.0 Å². The Bertz CT molecular complexity index is 421. The van der Waals surface area contributed by atoms with Crippen molar-refractivity contribution < 1.29 is 10.1 Å². The van der Waals surface area contributed by atoms with Crippen LogP contribution in [-0.2, 0) is 4.79 Å². The van der Waals surface area contributed by atoms with Crippen LogP contribution < -0.4 is 10.6 Å². The average Bonchev–Trinajstić information content (AvgIpc) is 2.52. The number of rotatable bonds is 4. The van der Waals surface area contributed by atoms with Crippen LogP contribution in [0.2, 0.25) is 0 Å². The van der Waals surface area contributed by atoms with Gasteiger partial charge in [0.25, 0.3) is 5.91 Å². The number of amides is 1. The summed E-state index contributed by atoms with van der Waals surface area (Å²) in [6, 6.07) is 1.24. The molecule has 130 valence electrons. The lowest BCUT2D eigenvalue weighted by molar-refractivity contribution is -0.725. The van der Waals surface area contributed by atoms with E-state index in [1.165, 1.54) is 57.8 Å². The van der Waals surface area contributed by atoms with Gasteiger partial charge in [-0.25, -0.2) is 0 Å². The van der Waals surface area contributed by atoms with Crippen molar-refractivity contribution in [3.8, 4) is 0 Å². The van der Waals surface area contributed by atoms with Gasteiger partial charge < -0.3 is 10.6 Å². The molecular weight excluding hydrogens is 284 g/mol. The highest BCUT2D eigenvalue weighted by molar-refractivity contribution is 5.80. The maximum Gasteiger partial charge on any atom is 0.278 e. The quantitative estimate of drug-likeness (QED) is 0.821. The highest BCUT2D eigenvalue weighted by Crippen LogP contribution is 2.52. The molecule has 5 rings (SSSR count). The van der Waals surface area contributed by atoms with E-state index in [1.807, 2.05) is 0 Å². The first-order valence-electron chi connectivity index (χ1n) is 10.3. The Balaban J connectivity index is 1.32. The van der Waals surface area contributed by atoms with Gasteiger partial charge in [0, 0.05) is 17.9 Å². The molecule has 5 aliphatic carbocycles. The van der Waals surface area contributed by atoms with E-state index < -0.39 is 0 Å². The topological polar surface area (TPSA) is 45.7 Å². The van der Waals surface area contributed by atoms with Crippen molar-refractivity contribution in [2.24, 2.45) is 29.6 Å². The van der Waals surface area contributed by atoms with E-state index >= 15 is 0 Å². The smallest absolute Gasteiger partial charge is 0.278 e. The van der Waals surface area contributed by atoms with Crippen molar-refractivity contribution in [1.82, 2.24) is 5.32 Å². The van der Waals surface area contributed by atoms with Gasteiger partial charge in [-0.05, 0) is 69.6 Å². The number of nitrogens with one attached hydrogen (secondary N) is 1. The summed E-state index contributed by atoms with van der Waals surface area (Å²) in [6.07, 6.45) is 12.4. The fourth-order valence-electron chi connectivity index (χ4n) is 6.55. The zero-order valence-corrected chi connectivity index (χ0v) is 15.0. The molecule has 0 aliphatic heterocycles. The lowest BCUT2D eigenvalue weighted by Gasteiger charge is -2.53. The minimum Gasteiger partial charge on any atom is -0.348 e. The summed E-state index contributed by atoms with van der Waals surface area (Å²) < 4.78 is 0. The van der Waals surface area contributed by atoms with Gasteiger partial charge in [0.05, 0.1) is 6.04 Å². The van der Waals surface area contributed by atoms with Gasteiger partial charge in [-0.3, -0.25) is 4.79 Å². The Morgan fingerprint density at radius 2 is 1.61 bits per heavy atom. The lowest BCUT2D eigenvalue weighted by Crippen LogP contribution is -3.00. The molecule has 5 fully saturated rings.